The summed E-state index contributed by atoms with van der Waals surface area (Å²) in [6.07, 6.45) is 2.56. The number of nitrogens with two attached hydrogens (primary N) is 2. The number of hydrogen-bond acceptors (Lipinski definition) is 7. The van der Waals surface area contributed by atoms with Crippen LogP contribution in [0.4, 0.5) is 0 Å². The lowest BCUT2D eigenvalue weighted by molar-refractivity contribution is -0.142. The van der Waals surface area contributed by atoms with Crippen LogP contribution in [0.25, 0.3) is 0 Å². The van der Waals surface area contributed by atoms with Gasteiger partial charge in [-0.05, 0) is 6.42 Å². The molecule has 0 radical (unpaired) electrons. The summed E-state index contributed by atoms with van der Waals surface area (Å²) >= 11 is 0. The number of carboxylic acids is 1. The summed E-state index contributed by atoms with van der Waals surface area (Å²) in [4.78, 5) is 52.6. The number of carbonyl (C=O) groups excluding carboxylic acids is 3. The Labute approximate surface area is 148 Å². The summed E-state index contributed by atoms with van der Waals surface area (Å²) in [6.45, 7) is -0.767. The first-order chi connectivity index (χ1) is 12.2. The Morgan fingerprint density at radius 2 is 1.85 bits per heavy atom. The van der Waals surface area contributed by atoms with Crippen LogP contribution in [0, 0.1) is 0 Å². The Morgan fingerprint density at radius 1 is 1.19 bits per heavy atom. The van der Waals surface area contributed by atoms with Crippen molar-refractivity contribution in [3.05, 3.63) is 18.2 Å². The average molecular weight is 370 g/mol. The largest absolute Gasteiger partial charge is 0.480 e. The van der Waals surface area contributed by atoms with Crippen LogP contribution < -0.4 is 22.1 Å². The first-order valence-corrected chi connectivity index (χ1v) is 7.70. The summed E-state index contributed by atoms with van der Waals surface area (Å²) in [5, 5.41) is 22.7. The summed E-state index contributed by atoms with van der Waals surface area (Å²) < 4.78 is 0. The van der Waals surface area contributed by atoms with Gasteiger partial charge in [0.05, 0.1) is 19.0 Å². The zero-order chi connectivity index (χ0) is 19.7. The van der Waals surface area contributed by atoms with E-state index in [1.54, 1.807) is 0 Å². The second-order valence-electron chi connectivity index (χ2n) is 5.54. The first-order valence-electron chi connectivity index (χ1n) is 7.70. The molecular formula is C14H22N6O6. The van der Waals surface area contributed by atoms with Crippen LogP contribution in [-0.4, -0.2) is 68.6 Å². The number of aromatic amines is 1. The van der Waals surface area contributed by atoms with Crippen molar-refractivity contribution in [2.24, 2.45) is 11.5 Å². The van der Waals surface area contributed by atoms with Crippen molar-refractivity contribution in [3.63, 3.8) is 0 Å². The van der Waals surface area contributed by atoms with Crippen LogP contribution in [0.5, 0.6) is 0 Å². The summed E-state index contributed by atoms with van der Waals surface area (Å²) in [7, 11) is 0. The molecule has 3 atom stereocenters. The van der Waals surface area contributed by atoms with E-state index >= 15 is 0 Å². The van der Waals surface area contributed by atoms with Gasteiger partial charge in [0.25, 0.3) is 0 Å². The highest BCUT2D eigenvalue weighted by atomic mass is 16.4. The molecule has 3 amide bonds. The van der Waals surface area contributed by atoms with E-state index in [0.717, 1.165) is 0 Å². The predicted octanol–water partition coefficient (Wildman–Crippen LogP) is -3.41. The van der Waals surface area contributed by atoms with Crippen LogP contribution in [0.1, 0.15) is 18.5 Å². The fraction of sp³-hybridized carbons (Fsp3) is 0.500. The lowest BCUT2D eigenvalue weighted by Crippen LogP contribution is -2.56. The highest BCUT2D eigenvalue weighted by molar-refractivity contribution is 5.92. The van der Waals surface area contributed by atoms with Crippen LogP contribution >= 0.6 is 0 Å². The van der Waals surface area contributed by atoms with Crippen molar-refractivity contribution in [2.75, 3.05) is 6.61 Å². The second kappa shape index (κ2) is 10.1. The van der Waals surface area contributed by atoms with Gasteiger partial charge >= 0.3 is 5.97 Å². The fourth-order valence-electron chi connectivity index (χ4n) is 2.02. The maximum Gasteiger partial charge on any atom is 0.326 e. The molecular weight excluding hydrogens is 348 g/mol. The van der Waals surface area contributed by atoms with Crippen LogP contribution in [0.15, 0.2) is 12.5 Å². The molecule has 1 heterocycles. The molecule has 0 saturated carbocycles. The van der Waals surface area contributed by atoms with Crippen LogP contribution in [-0.2, 0) is 25.6 Å². The van der Waals surface area contributed by atoms with Crippen molar-refractivity contribution in [1.82, 2.24) is 20.6 Å². The molecule has 0 fully saturated rings. The maximum atomic E-state index is 12.1. The van der Waals surface area contributed by atoms with Crippen LogP contribution in [0.2, 0.25) is 0 Å². The Bertz CT molecular complexity index is 634. The SMILES string of the molecule is NC(=O)CCC(NC(=O)C(CO)NC(=O)C(N)Cc1cnc[nH]1)C(=O)O. The highest BCUT2D eigenvalue weighted by Gasteiger charge is 2.27. The number of carbonyl (C=O) groups is 4. The standard InChI is InChI=1S/C14H22N6O6/c15-8(3-7-4-17-6-18-7)12(23)20-10(5-21)13(24)19-9(14(25)26)1-2-11(16)22/h4,6,8-10,21H,1-3,5,15H2,(H2,16,22)(H,17,18)(H,19,24)(H,20,23)(H,25,26). The van der Waals surface area contributed by atoms with Crippen molar-refractivity contribution >= 4 is 23.7 Å². The Hall–Kier alpha value is -2.99. The molecule has 0 saturated heterocycles. The molecule has 0 spiro atoms. The molecule has 12 heteroatoms. The van der Waals surface area contributed by atoms with Gasteiger partial charge in [0.2, 0.25) is 17.7 Å². The van der Waals surface area contributed by atoms with E-state index in [-0.39, 0.29) is 19.3 Å². The van der Waals surface area contributed by atoms with Gasteiger partial charge in [0.1, 0.15) is 12.1 Å². The number of nitrogens with one attached hydrogen (secondary N) is 3. The highest BCUT2D eigenvalue weighted by Crippen LogP contribution is 2.00. The monoisotopic (exact) mass is 370 g/mol. The number of aliphatic hydroxyl groups is 1. The van der Waals surface area contributed by atoms with Crippen molar-refractivity contribution in [2.45, 2.75) is 37.4 Å². The number of imidazole rings is 1. The zero-order valence-corrected chi connectivity index (χ0v) is 13.8. The van der Waals surface area contributed by atoms with Gasteiger partial charge in [0.15, 0.2) is 0 Å². The van der Waals surface area contributed by atoms with Gasteiger partial charge in [0, 0.05) is 24.7 Å². The molecule has 1 aromatic rings. The van der Waals surface area contributed by atoms with E-state index in [9.17, 15) is 24.3 Å². The quantitative estimate of drug-likeness (QED) is 0.208. The van der Waals surface area contributed by atoms with E-state index in [2.05, 4.69) is 20.6 Å². The van der Waals surface area contributed by atoms with Gasteiger partial charge in [-0.3, -0.25) is 14.4 Å². The molecule has 144 valence electrons. The van der Waals surface area contributed by atoms with E-state index < -0.39 is 48.4 Å². The number of hydrogen-bond donors (Lipinski definition) is 7. The third-order valence-corrected chi connectivity index (χ3v) is 3.44. The maximum absolute atomic E-state index is 12.1. The first kappa shape index (κ1) is 21.1. The van der Waals surface area contributed by atoms with Crippen molar-refractivity contribution < 1.29 is 29.4 Å². The number of primary amides is 1. The zero-order valence-electron chi connectivity index (χ0n) is 13.8. The summed E-state index contributed by atoms with van der Waals surface area (Å²) in [5.74, 6) is -3.73. The molecule has 0 aromatic carbocycles. The lowest BCUT2D eigenvalue weighted by atomic mass is 10.1. The van der Waals surface area contributed by atoms with Crippen LogP contribution in [0.3, 0.4) is 0 Å². The fourth-order valence-corrected chi connectivity index (χ4v) is 2.02. The Kier molecular flexibility index (Phi) is 8.18. The molecule has 0 aliphatic heterocycles. The smallest absolute Gasteiger partial charge is 0.326 e. The minimum absolute atomic E-state index is 0.127. The van der Waals surface area contributed by atoms with E-state index in [0.29, 0.717) is 5.69 Å². The number of nitrogens with zero attached hydrogens (tertiary/aromatic N) is 1. The number of rotatable bonds is 11. The van der Waals surface area contributed by atoms with Gasteiger partial charge in [-0.2, -0.15) is 0 Å². The van der Waals surface area contributed by atoms with Gasteiger partial charge in [-0.15, -0.1) is 0 Å². The van der Waals surface area contributed by atoms with Crippen molar-refractivity contribution in [3.8, 4) is 0 Å². The van der Waals surface area contributed by atoms with Gasteiger partial charge in [-0.25, -0.2) is 9.78 Å². The van der Waals surface area contributed by atoms with Gasteiger partial charge in [-0.1, -0.05) is 0 Å². The number of amides is 3. The molecule has 12 nitrogen and oxygen atoms in total. The van der Waals surface area contributed by atoms with E-state index in [1.807, 2.05) is 0 Å². The number of aromatic nitrogens is 2. The Balaban J connectivity index is 2.61. The molecule has 0 aliphatic rings. The van der Waals surface area contributed by atoms with E-state index in [4.69, 9.17) is 16.6 Å². The van der Waals surface area contributed by atoms with Crippen molar-refractivity contribution in [1.29, 1.82) is 0 Å². The minimum atomic E-state index is -1.40. The topological polar surface area (TPSA) is 214 Å². The molecule has 0 bridgehead atoms. The lowest BCUT2D eigenvalue weighted by Gasteiger charge is -2.21. The third-order valence-electron chi connectivity index (χ3n) is 3.44. The minimum Gasteiger partial charge on any atom is -0.480 e. The predicted molar refractivity (Wildman–Crippen MR) is 87.3 cm³/mol. The molecule has 1 rings (SSSR count). The number of carboxylic acid groups (broad SMARTS) is 1. The molecule has 3 unspecified atom stereocenters. The summed E-state index contributed by atoms with van der Waals surface area (Å²) in [5.41, 5.74) is 11.3. The number of H-pyrrole nitrogens is 1. The number of aliphatic carboxylic acids is 1. The van der Waals surface area contributed by atoms with E-state index in [1.165, 1.54) is 12.5 Å². The number of aliphatic hydroxyl groups excluding tert-OH is 1. The molecule has 26 heavy (non-hydrogen) atoms. The molecule has 0 aliphatic carbocycles. The van der Waals surface area contributed by atoms with Gasteiger partial charge < -0.3 is 37.3 Å². The average Bonchev–Trinajstić information content (AvgIpc) is 3.08. The normalized spacial score (nSPS) is 14.1. The molecule has 1 aromatic heterocycles. The second-order valence-corrected chi connectivity index (χ2v) is 5.54. The third kappa shape index (κ3) is 6.86. The summed E-state index contributed by atoms with van der Waals surface area (Å²) in [6, 6.07) is -3.80. The Morgan fingerprint density at radius 3 is 2.35 bits per heavy atom. The molecule has 9 N–H and O–H groups in total.